The van der Waals surface area contributed by atoms with Crippen molar-refractivity contribution in [1.82, 2.24) is 19.6 Å². The molecule has 1 saturated heterocycles. The summed E-state index contributed by atoms with van der Waals surface area (Å²) in [5.74, 6) is -0.659. The van der Waals surface area contributed by atoms with Crippen LogP contribution in [0, 0.1) is 0 Å². The summed E-state index contributed by atoms with van der Waals surface area (Å²) in [6.07, 6.45) is 4.86. The Morgan fingerprint density at radius 3 is 2.40 bits per heavy atom. The standard InChI is InChI=1S/C28H33F2N5O5/c1-28(2,3)40-27(37)34-11-9-33(10-12-34)19-7-8-35-20(16-31-23(35)15-19)17-13-21(38-4)24(22(14-17)39-26(29)30)25(36)32-18-5-6-18/h7-8,13-16,18,26H,5-6,9-12H2,1-4H3,(H,32,36). The van der Waals surface area contributed by atoms with Crippen LogP contribution in [0.1, 0.15) is 44.0 Å². The highest BCUT2D eigenvalue weighted by Crippen LogP contribution is 2.37. The molecule has 12 heteroatoms. The Morgan fingerprint density at radius 1 is 1.07 bits per heavy atom. The lowest BCUT2D eigenvalue weighted by Gasteiger charge is -2.36. The molecule has 3 heterocycles. The number of carbonyl (C=O) groups is 2. The van der Waals surface area contributed by atoms with Gasteiger partial charge in [-0.25, -0.2) is 9.78 Å². The Balaban J connectivity index is 1.39. The van der Waals surface area contributed by atoms with E-state index < -0.39 is 18.1 Å². The minimum atomic E-state index is -3.12. The molecule has 3 aromatic rings. The first-order valence-corrected chi connectivity index (χ1v) is 13.2. The van der Waals surface area contributed by atoms with E-state index in [1.165, 1.54) is 13.2 Å². The third-order valence-corrected chi connectivity index (χ3v) is 6.73. The van der Waals surface area contributed by atoms with Gasteiger partial charge in [0.05, 0.1) is 19.0 Å². The lowest BCUT2D eigenvalue weighted by molar-refractivity contribution is -0.0502. The number of amides is 2. The van der Waals surface area contributed by atoms with Gasteiger partial charge in [0, 0.05) is 55.7 Å². The lowest BCUT2D eigenvalue weighted by atomic mass is 10.1. The van der Waals surface area contributed by atoms with Crippen LogP contribution < -0.4 is 19.7 Å². The SMILES string of the molecule is COc1cc(-c2cnc3cc(N4CCN(C(=O)OC(C)(C)C)CC4)ccn23)cc(OC(F)F)c1C(=O)NC1CC1. The molecule has 0 atom stereocenters. The Hall–Kier alpha value is -4.09. The van der Waals surface area contributed by atoms with Crippen molar-refractivity contribution in [2.24, 2.45) is 0 Å². The third kappa shape index (κ3) is 6.05. The number of anilines is 1. The Bertz CT molecular complexity index is 1410. The van der Waals surface area contributed by atoms with Crippen molar-refractivity contribution >= 4 is 23.3 Å². The second-order valence-corrected chi connectivity index (χ2v) is 10.9. The molecule has 1 saturated carbocycles. The summed E-state index contributed by atoms with van der Waals surface area (Å²) in [7, 11) is 1.38. The highest BCUT2D eigenvalue weighted by atomic mass is 19.3. The van der Waals surface area contributed by atoms with Gasteiger partial charge in [0.1, 0.15) is 28.3 Å². The van der Waals surface area contributed by atoms with Crippen molar-refractivity contribution in [2.45, 2.75) is 51.9 Å². The summed E-state index contributed by atoms with van der Waals surface area (Å²) in [5, 5.41) is 2.80. The van der Waals surface area contributed by atoms with Crippen LogP contribution in [0.2, 0.25) is 0 Å². The molecule has 1 aliphatic heterocycles. The molecule has 0 unspecified atom stereocenters. The Labute approximate surface area is 230 Å². The summed E-state index contributed by atoms with van der Waals surface area (Å²) in [5.41, 5.74) is 2.09. The minimum absolute atomic E-state index is 0.0320. The van der Waals surface area contributed by atoms with E-state index in [2.05, 4.69) is 15.2 Å². The first-order chi connectivity index (χ1) is 19.0. The Kier molecular flexibility index (Phi) is 7.43. The molecule has 5 rings (SSSR count). The summed E-state index contributed by atoms with van der Waals surface area (Å²) in [6.45, 7) is 4.76. The predicted octanol–water partition coefficient (Wildman–Crippen LogP) is 4.56. The fourth-order valence-electron chi connectivity index (χ4n) is 4.65. The maximum atomic E-state index is 13.3. The topological polar surface area (TPSA) is 97.6 Å². The molecule has 2 amide bonds. The minimum Gasteiger partial charge on any atom is -0.496 e. The molecule has 0 radical (unpaired) electrons. The number of rotatable bonds is 7. The molecule has 2 aromatic heterocycles. The zero-order valence-corrected chi connectivity index (χ0v) is 22.9. The van der Waals surface area contributed by atoms with Crippen LogP contribution in [0.4, 0.5) is 19.3 Å². The van der Waals surface area contributed by atoms with Crippen molar-refractivity contribution in [2.75, 3.05) is 38.2 Å². The zero-order chi connectivity index (χ0) is 28.6. The summed E-state index contributed by atoms with van der Waals surface area (Å²) >= 11 is 0. The number of aromatic nitrogens is 2. The number of carbonyl (C=O) groups excluding carboxylic acids is 2. The van der Waals surface area contributed by atoms with E-state index in [4.69, 9.17) is 14.2 Å². The molecule has 1 aromatic carbocycles. The lowest BCUT2D eigenvalue weighted by Crippen LogP contribution is -2.50. The molecule has 214 valence electrons. The molecule has 0 bridgehead atoms. The smallest absolute Gasteiger partial charge is 0.410 e. The predicted molar refractivity (Wildman–Crippen MR) is 144 cm³/mol. The third-order valence-electron chi connectivity index (χ3n) is 6.73. The zero-order valence-electron chi connectivity index (χ0n) is 22.9. The van der Waals surface area contributed by atoms with Gasteiger partial charge in [-0.05, 0) is 51.8 Å². The number of nitrogens with one attached hydrogen (secondary N) is 1. The van der Waals surface area contributed by atoms with Gasteiger partial charge in [-0.1, -0.05) is 0 Å². The second kappa shape index (κ2) is 10.8. The molecule has 0 spiro atoms. The van der Waals surface area contributed by atoms with Crippen LogP contribution in [0.5, 0.6) is 11.5 Å². The van der Waals surface area contributed by atoms with Gasteiger partial charge in [0.25, 0.3) is 5.91 Å². The van der Waals surface area contributed by atoms with Crippen LogP contribution in [-0.4, -0.2) is 77.8 Å². The van der Waals surface area contributed by atoms with Gasteiger partial charge in [-0.2, -0.15) is 8.78 Å². The van der Waals surface area contributed by atoms with Crippen molar-refractivity contribution in [3.63, 3.8) is 0 Å². The maximum Gasteiger partial charge on any atom is 0.410 e. The molecule has 2 fully saturated rings. The van der Waals surface area contributed by atoms with Gasteiger partial charge in [0.15, 0.2) is 0 Å². The number of imidazole rings is 1. The average molecular weight is 558 g/mol. The quantitative estimate of drug-likeness (QED) is 0.455. The number of piperazine rings is 1. The van der Waals surface area contributed by atoms with Gasteiger partial charge in [-0.3, -0.25) is 9.20 Å². The fourth-order valence-corrected chi connectivity index (χ4v) is 4.65. The first kappa shape index (κ1) is 27.5. The molecule has 40 heavy (non-hydrogen) atoms. The molecule has 1 aliphatic carbocycles. The summed E-state index contributed by atoms with van der Waals surface area (Å²) < 4.78 is 44.1. The van der Waals surface area contributed by atoms with Gasteiger partial charge in [-0.15, -0.1) is 0 Å². The number of nitrogens with zero attached hydrogens (tertiary/aromatic N) is 4. The van der Waals surface area contributed by atoms with Crippen LogP contribution in [0.15, 0.2) is 36.7 Å². The van der Waals surface area contributed by atoms with E-state index in [1.807, 2.05) is 43.5 Å². The number of methoxy groups -OCH3 is 1. The summed E-state index contributed by atoms with van der Waals surface area (Å²) in [4.78, 5) is 33.6. The molecule has 2 aliphatic rings. The number of halogens is 2. The second-order valence-electron chi connectivity index (χ2n) is 10.9. The first-order valence-electron chi connectivity index (χ1n) is 13.2. The van der Waals surface area contributed by atoms with E-state index >= 15 is 0 Å². The highest BCUT2D eigenvalue weighted by Gasteiger charge is 2.30. The number of benzene rings is 1. The van der Waals surface area contributed by atoms with Crippen LogP contribution in [-0.2, 0) is 4.74 Å². The Morgan fingerprint density at radius 2 is 1.77 bits per heavy atom. The molecular weight excluding hydrogens is 524 g/mol. The normalized spacial score (nSPS) is 15.9. The number of hydrogen-bond acceptors (Lipinski definition) is 7. The van der Waals surface area contributed by atoms with Crippen molar-refractivity contribution in [1.29, 1.82) is 0 Å². The molecule has 10 nitrogen and oxygen atoms in total. The van der Waals surface area contributed by atoms with E-state index in [0.29, 0.717) is 43.1 Å². The van der Waals surface area contributed by atoms with Crippen LogP contribution in [0.25, 0.3) is 16.9 Å². The highest BCUT2D eigenvalue weighted by molar-refractivity contribution is 6.01. The van der Waals surface area contributed by atoms with Gasteiger partial charge in [0.2, 0.25) is 0 Å². The van der Waals surface area contributed by atoms with Crippen molar-refractivity contribution < 1.29 is 32.6 Å². The van der Waals surface area contributed by atoms with E-state index in [-0.39, 0.29) is 29.2 Å². The van der Waals surface area contributed by atoms with E-state index in [9.17, 15) is 18.4 Å². The summed E-state index contributed by atoms with van der Waals surface area (Å²) in [6, 6.07) is 6.92. The van der Waals surface area contributed by atoms with Crippen molar-refractivity contribution in [3.05, 3.63) is 42.2 Å². The fraction of sp³-hybridized carbons (Fsp3) is 0.464. The number of pyridine rings is 1. The maximum absolute atomic E-state index is 13.3. The largest absolute Gasteiger partial charge is 0.496 e. The average Bonchev–Trinajstić information content (AvgIpc) is 3.61. The number of ether oxygens (including phenoxy) is 3. The van der Waals surface area contributed by atoms with Crippen LogP contribution in [0.3, 0.4) is 0 Å². The van der Waals surface area contributed by atoms with Crippen LogP contribution >= 0.6 is 0 Å². The monoisotopic (exact) mass is 557 g/mol. The van der Waals surface area contributed by atoms with E-state index in [0.717, 1.165) is 18.5 Å². The number of alkyl halides is 2. The van der Waals surface area contributed by atoms with Crippen molar-refractivity contribution in [3.8, 4) is 22.8 Å². The number of fused-ring (bicyclic) bond motifs is 1. The van der Waals surface area contributed by atoms with Gasteiger partial charge < -0.3 is 29.3 Å². The number of hydrogen-bond donors (Lipinski definition) is 1. The van der Waals surface area contributed by atoms with Gasteiger partial charge >= 0.3 is 12.7 Å². The molecule has 1 N–H and O–H groups in total. The van der Waals surface area contributed by atoms with E-state index in [1.54, 1.807) is 17.2 Å². The molecular formula is C28H33F2N5O5.